The van der Waals surface area contributed by atoms with Crippen molar-refractivity contribution < 1.29 is 17.9 Å². The lowest BCUT2D eigenvalue weighted by Gasteiger charge is -2.23. The van der Waals surface area contributed by atoms with Crippen LogP contribution >= 0.6 is 0 Å². The molecule has 2 N–H and O–H groups in total. The summed E-state index contributed by atoms with van der Waals surface area (Å²) < 4.78 is 39.7. The fraction of sp³-hybridized carbons (Fsp3) is 0.217. The van der Waals surface area contributed by atoms with Gasteiger partial charge in [0.2, 0.25) is 0 Å². The zero-order valence-electron chi connectivity index (χ0n) is 16.9. The second-order valence-electron chi connectivity index (χ2n) is 7.10. The normalized spacial score (nSPS) is 13.1. The Labute approximate surface area is 176 Å². The number of nitrogens with one attached hydrogen (secondary N) is 2. The number of rotatable bonds is 6. The van der Waals surface area contributed by atoms with Gasteiger partial charge in [0, 0.05) is 12.2 Å². The summed E-state index contributed by atoms with van der Waals surface area (Å²) in [5.41, 5.74) is 3.96. The molecule has 0 bridgehead atoms. The number of hydrogen-bond acceptors (Lipinski definition) is 5. The third-order valence-corrected chi connectivity index (χ3v) is 6.57. The average Bonchev–Trinajstić information content (AvgIpc) is 2.78. The largest absolute Gasteiger partial charge is 0.497 e. The monoisotopic (exact) mass is 424 g/mol. The van der Waals surface area contributed by atoms with Gasteiger partial charge in [-0.2, -0.15) is 0 Å². The van der Waals surface area contributed by atoms with Crippen molar-refractivity contribution in [2.75, 3.05) is 30.8 Å². The molecule has 0 atom stereocenters. The van der Waals surface area contributed by atoms with E-state index in [1.807, 2.05) is 24.3 Å². The molecule has 0 radical (unpaired) electrons. The Morgan fingerprint density at radius 1 is 0.867 bits per heavy atom. The molecule has 3 aromatic carbocycles. The minimum atomic E-state index is -3.80. The SMILES string of the molecule is COc1ccc(NS(=O)(=O)c2cc(-c3ccc(OC)cc3)cc3c2NCCC3)cc1. The predicted molar refractivity (Wildman–Crippen MR) is 119 cm³/mol. The average molecular weight is 425 g/mol. The predicted octanol–water partition coefficient (Wildman–Crippen LogP) is 4.53. The summed E-state index contributed by atoms with van der Waals surface area (Å²) in [4.78, 5) is 0.251. The maximum atomic E-state index is 13.3. The lowest BCUT2D eigenvalue weighted by atomic mass is 9.97. The summed E-state index contributed by atoms with van der Waals surface area (Å²) in [6, 6.07) is 18.2. The van der Waals surface area contributed by atoms with E-state index in [1.165, 1.54) is 0 Å². The van der Waals surface area contributed by atoms with Crippen molar-refractivity contribution in [1.82, 2.24) is 0 Å². The van der Waals surface area contributed by atoms with Crippen molar-refractivity contribution >= 4 is 21.4 Å². The minimum absolute atomic E-state index is 0.251. The van der Waals surface area contributed by atoms with Crippen LogP contribution in [0.3, 0.4) is 0 Å². The van der Waals surface area contributed by atoms with Gasteiger partial charge in [-0.25, -0.2) is 8.42 Å². The van der Waals surface area contributed by atoms with Crippen LogP contribution in [-0.4, -0.2) is 29.2 Å². The summed E-state index contributed by atoms with van der Waals surface area (Å²) in [5, 5.41) is 3.28. The molecule has 0 aliphatic carbocycles. The Morgan fingerprint density at radius 2 is 1.50 bits per heavy atom. The Morgan fingerprint density at radius 3 is 2.13 bits per heavy atom. The number of sulfonamides is 1. The highest BCUT2D eigenvalue weighted by Crippen LogP contribution is 2.36. The van der Waals surface area contributed by atoms with Crippen molar-refractivity contribution in [2.45, 2.75) is 17.7 Å². The molecule has 1 aliphatic rings. The Hall–Kier alpha value is -3.19. The first-order valence-corrected chi connectivity index (χ1v) is 11.2. The molecule has 1 aliphatic heterocycles. The maximum absolute atomic E-state index is 13.3. The quantitative estimate of drug-likeness (QED) is 0.608. The number of fused-ring (bicyclic) bond motifs is 1. The zero-order valence-corrected chi connectivity index (χ0v) is 17.8. The van der Waals surface area contributed by atoms with E-state index in [0.717, 1.165) is 41.8 Å². The summed E-state index contributed by atoms with van der Waals surface area (Å²) in [5.74, 6) is 1.42. The zero-order chi connectivity index (χ0) is 21.1. The second-order valence-corrected chi connectivity index (χ2v) is 8.75. The maximum Gasteiger partial charge on any atom is 0.263 e. The fourth-order valence-electron chi connectivity index (χ4n) is 3.59. The van der Waals surface area contributed by atoms with Crippen LogP contribution in [-0.2, 0) is 16.4 Å². The van der Waals surface area contributed by atoms with Crippen LogP contribution < -0.4 is 19.5 Å². The van der Waals surface area contributed by atoms with Crippen LogP contribution in [0.2, 0.25) is 0 Å². The smallest absolute Gasteiger partial charge is 0.263 e. The Kier molecular flexibility index (Phi) is 5.55. The van der Waals surface area contributed by atoms with Crippen LogP contribution in [0.25, 0.3) is 11.1 Å². The molecule has 1 heterocycles. The molecule has 156 valence electrons. The van der Waals surface area contributed by atoms with Gasteiger partial charge < -0.3 is 14.8 Å². The van der Waals surface area contributed by atoms with Crippen molar-refractivity contribution in [2.24, 2.45) is 0 Å². The molecule has 0 unspecified atom stereocenters. The molecule has 0 spiro atoms. The second kappa shape index (κ2) is 8.28. The van der Waals surface area contributed by atoms with Crippen LogP contribution in [0.4, 0.5) is 11.4 Å². The van der Waals surface area contributed by atoms with Gasteiger partial charge in [-0.05, 0) is 78.1 Å². The Balaban J connectivity index is 1.76. The van der Waals surface area contributed by atoms with E-state index in [2.05, 4.69) is 16.1 Å². The Bertz CT molecular complexity index is 1140. The van der Waals surface area contributed by atoms with Gasteiger partial charge in [-0.1, -0.05) is 12.1 Å². The summed E-state index contributed by atoms with van der Waals surface area (Å²) >= 11 is 0. The molecule has 0 amide bonds. The highest BCUT2D eigenvalue weighted by Gasteiger charge is 2.24. The van der Waals surface area contributed by atoms with Crippen LogP contribution in [0.15, 0.2) is 65.6 Å². The van der Waals surface area contributed by atoms with Crippen molar-refractivity contribution in [3.63, 3.8) is 0 Å². The van der Waals surface area contributed by atoms with Crippen molar-refractivity contribution in [1.29, 1.82) is 0 Å². The standard InChI is InChI=1S/C23H24N2O4S/c1-28-20-9-5-16(6-10-20)18-14-17-4-3-13-24-23(17)22(15-18)30(26,27)25-19-7-11-21(29-2)12-8-19/h5-12,14-15,24-25H,3-4,13H2,1-2H3. The molecular weight excluding hydrogens is 400 g/mol. The van der Waals surface area contributed by atoms with E-state index in [4.69, 9.17) is 9.47 Å². The van der Waals surface area contributed by atoms with Crippen molar-refractivity contribution in [3.05, 3.63) is 66.2 Å². The topological polar surface area (TPSA) is 76.7 Å². The number of methoxy groups -OCH3 is 2. The minimum Gasteiger partial charge on any atom is -0.497 e. The number of anilines is 2. The third kappa shape index (κ3) is 4.07. The van der Waals surface area contributed by atoms with Crippen LogP contribution in [0, 0.1) is 0 Å². The molecule has 6 nitrogen and oxygen atoms in total. The van der Waals surface area contributed by atoms with Crippen molar-refractivity contribution in [3.8, 4) is 22.6 Å². The highest BCUT2D eigenvalue weighted by molar-refractivity contribution is 7.92. The molecule has 7 heteroatoms. The van der Waals surface area contributed by atoms with Gasteiger partial charge in [0.15, 0.2) is 0 Å². The molecule has 4 rings (SSSR count). The van der Waals surface area contributed by atoms with Crippen LogP contribution in [0.1, 0.15) is 12.0 Å². The van der Waals surface area contributed by atoms with Gasteiger partial charge in [-0.3, -0.25) is 4.72 Å². The van der Waals surface area contributed by atoms with Gasteiger partial charge in [0.05, 0.1) is 19.9 Å². The highest BCUT2D eigenvalue weighted by atomic mass is 32.2. The van der Waals surface area contributed by atoms with E-state index in [9.17, 15) is 8.42 Å². The molecule has 0 saturated heterocycles. The lowest BCUT2D eigenvalue weighted by Crippen LogP contribution is -2.20. The summed E-state index contributed by atoms with van der Waals surface area (Å²) in [6.45, 7) is 0.750. The van der Waals surface area contributed by atoms with E-state index in [0.29, 0.717) is 17.1 Å². The first-order chi connectivity index (χ1) is 14.5. The molecule has 30 heavy (non-hydrogen) atoms. The van der Waals surface area contributed by atoms with E-state index >= 15 is 0 Å². The fourth-order valence-corrected chi connectivity index (χ4v) is 4.90. The first-order valence-electron chi connectivity index (χ1n) is 9.72. The van der Waals surface area contributed by atoms with Gasteiger partial charge >= 0.3 is 0 Å². The molecule has 3 aromatic rings. The van der Waals surface area contributed by atoms with E-state index in [1.54, 1.807) is 44.6 Å². The number of ether oxygens (including phenoxy) is 2. The van der Waals surface area contributed by atoms with E-state index < -0.39 is 10.0 Å². The lowest BCUT2D eigenvalue weighted by molar-refractivity contribution is 0.415. The molecule has 0 aromatic heterocycles. The van der Waals surface area contributed by atoms with Crippen LogP contribution in [0.5, 0.6) is 11.5 Å². The number of hydrogen-bond donors (Lipinski definition) is 2. The summed E-state index contributed by atoms with van der Waals surface area (Å²) in [6.07, 6.45) is 1.79. The van der Waals surface area contributed by atoms with Gasteiger partial charge in [0.1, 0.15) is 16.4 Å². The molecule has 0 fully saturated rings. The number of benzene rings is 3. The third-order valence-electron chi connectivity index (χ3n) is 5.16. The molecule has 0 saturated carbocycles. The first kappa shape index (κ1) is 20.1. The van der Waals surface area contributed by atoms with Gasteiger partial charge in [-0.15, -0.1) is 0 Å². The number of aryl methyl sites for hydroxylation is 1. The summed E-state index contributed by atoms with van der Waals surface area (Å²) in [7, 11) is -0.604. The van der Waals surface area contributed by atoms with Gasteiger partial charge in [0.25, 0.3) is 10.0 Å². The van der Waals surface area contributed by atoms with E-state index in [-0.39, 0.29) is 4.90 Å². The molecular formula is C23H24N2O4S.